The molecule has 110 valence electrons. The van der Waals surface area contributed by atoms with Crippen molar-refractivity contribution in [3.05, 3.63) is 84.1 Å². The Balaban J connectivity index is 2.13. The standard InChI is InChI=1S/C20H13ClN2/c21-20-22-18-12-5-4-11-17(18)19(23-20)16-10-6-9-15(13-16)14-7-2-1-3-8-14/h1-13H/i6D,9D,10D,13D. The highest BCUT2D eigenvalue weighted by Crippen LogP contribution is 2.30. The van der Waals surface area contributed by atoms with Crippen molar-refractivity contribution >= 4 is 22.5 Å². The molecule has 3 heteroatoms. The lowest BCUT2D eigenvalue weighted by Gasteiger charge is -2.08. The Morgan fingerprint density at radius 3 is 2.39 bits per heavy atom. The average Bonchev–Trinajstić information content (AvgIpc) is 2.67. The van der Waals surface area contributed by atoms with Crippen LogP contribution in [0.3, 0.4) is 0 Å². The number of para-hydroxylation sites is 1. The molecule has 0 aliphatic heterocycles. The molecule has 1 aromatic heterocycles. The monoisotopic (exact) mass is 320 g/mol. The summed E-state index contributed by atoms with van der Waals surface area (Å²) in [5, 5.41) is 0.644. The number of hydrogen-bond acceptors (Lipinski definition) is 2. The quantitative estimate of drug-likeness (QED) is 0.448. The highest BCUT2D eigenvalue weighted by Gasteiger charge is 2.09. The predicted octanol–water partition coefficient (Wildman–Crippen LogP) is 5.62. The molecule has 4 aromatic rings. The molecule has 23 heavy (non-hydrogen) atoms. The van der Waals surface area contributed by atoms with E-state index < -0.39 is 0 Å². The molecule has 0 fully saturated rings. The third kappa shape index (κ3) is 2.69. The second-order valence-electron chi connectivity index (χ2n) is 4.97. The maximum atomic E-state index is 8.72. The van der Waals surface area contributed by atoms with Crippen LogP contribution in [0, 0.1) is 0 Å². The van der Waals surface area contributed by atoms with Gasteiger partial charge in [0.1, 0.15) is 0 Å². The minimum Gasteiger partial charge on any atom is -0.218 e. The fourth-order valence-corrected chi connectivity index (χ4v) is 2.63. The number of hydrogen-bond donors (Lipinski definition) is 0. The molecule has 0 radical (unpaired) electrons. The second-order valence-corrected chi connectivity index (χ2v) is 5.31. The van der Waals surface area contributed by atoms with Crippen LogP contribution in [0.4, 0.5) is 0 Å². The van der Waals surface area contributed by atoms with E-state index in [0.29, 0.717) is 27.7 Å². The summed E-state index contributed by atoms with van der Waals surface area (Å²) in [5.74, 6) is 0. The summed E-state index contributed by atoms with van der Waals surface area (Å²) in [5.41, 5.74) is 2.04. The molecule has 0 aliphatic rings. The minimum atomic E-state index is -0.251. The summed E-state index contributed by atoms with van der Waals surface area (Å²) >= 11 is 6.08. The zero-order chi connectivity index (χ0) is 19.1. The van der Waals surface area contributed by atoms with E-state index in [4.69, 9.17) is 17.1 Å². The maximum absolute atomic E-state index is 8.72. The number of rotatable bonds is 2. The fraction of sp³-hybridized carbons (Fsp3) is 0. The van der Waals surface area contributed by atoms with Crippen LogP contribution in [0.15, 0.2) is 78.8 Å². The van der Waals surface area contributed by atoms with Gasteiger partial charge in [-0.2, -0.15) is 0 Å². The van der Waals surface area contributed by atoms with Gasteiger partial charge in [0.05, 0.1) is 16.7 Å². The Bertz CT molecular complexity index is 1180. The van der Waals surface area contributed by atoms with Gasteiger partial charge in [-0.3, -0.25) is 0 Å². The molecule has 0 N–H and O–H groups in total. The van der Waals surface area contributed by atoms with E-state index in [2.05, 4.69) is 9.97 Å². The Morgan fingerprint density at radius 1 is 0.783 bits per heavy atom. The summed E-state index contributed by atoms with van der Waals surface area (Å²) in [4.78, 5) is 8.46. The normalized spacial score (nSPS) is 13.3. The summed E-state index contributed by atoms with van der Waals surface area (Å²) in [7, 11) is 0. The van der Waals surface area contributed by atoms with Crippen LogP contribution in [0.2, 0.25) is 5.28 Å². The van der Waals surface area contributed by atoms with Gasteiger partial charge < -0.3 is 0 Å². The lowest BCUT2D eigenvalue weighted by Crippen LogP contribution is -1.91. The zero-order valence-electron chi connectivity index (χ0n) is 16.0. The molecule has 4 rings (SSSR count). The average molecular weight is 321 g/mol. The number of aromatic nitrogens is 2. The Labute approximate surface area is 145 Å². The lowest BCUT2D eigenvalue weighted by atomic mass is 10.00. The van der Waals surface area contributed by atoms with Crippen LogP contribution in [-0.2, 0) is 0 Å². The smallest absolute Gasteiger partial charge is 0.218 e. The van der Waals surface area contributed by atoms with Crippen LogP contribution < -0.4 is 0 Å². The van der Waals surface area contributed by atoms with Crippen molar-refractivity contribution in [2.75, 3.05) is 0 Å². The third-order valence-corrected chi connectivity index (χ3v) is 3.67. The molecule has 0 bridgehead atoms. The highest BCUT2D eigenvalue weighted by atomic mass is 35.5. The van der Waals surface area contributed by atoms with Crippen molar-refractivity contribution in [3.8, 4) is 22.4 Å². The maximum Gasteiger partial charge on any atom is 0.223 e. The summed E-state index contributed by atoms with van der Waals surface area (Å²) < 4.78 is 33.6. The Hall–Kier alpha value is -2.71. The fourth-order valence-electron chi connectivity index (χ4n) is 2.45. The van der Waals surface area contributed by atoms with E-state index in [0.717, 1.165) is 0 Å². The van der Waals surface area contributed by atoms with Crippen molar-refractivity contribution in [1.82, 2.24) is 9.97 Å². The number of fused-ring (bicyclic) bond motifs is 1. The van der Waals surface area contributed by atoms with Gasteiger partial charge in [-0.15, -0.1) is 0 Å². The molecule has 0 atom stereocenters. The lowest BCUT2D eigenvalue weighted by molar-refractivity contribution is 1.22. The minimum absolute atomic E-state index is 0.00485. The highest BCUT2D eigenvalue weighted by molar-refractivity contribution is 6.28. The number of benzene rings is 3. The van der Waals surface area contributed by atoms with Crippen molar-refractivity contribution < 1.29 is 5.48 Å². The van der Waals surface area contributed by atoms with Crippen LogP contribution >= 0.6 is 11.6 Å². The number of halogens is 1. The molecule has 0 aliphatic carbocycles. The van der Waals surface area contributed by atoms with Gasteiger partial charge in [0.2, 0.25) is 5.28 Å². The number of nitrogens with zero attached hydrogens (tertiary/aromatic N) is 2. The molecule has 0 saturated heterocycles. The molecule has 0 spiro atoms. The Kier molecular flexibility index (Phi) is 2.57. The van der Waals surface area contributed by atoms with Gasteiger partial charge in [0.15, 0.2) is 0 Å². The van der Waals surface area contributed by atoms with Gasteiger partial charge in [-0.1, -0.05) is 66.7 Å². The molecule has 3 aromatic carbocycles. The first kappa shape index (κ1) is 10.1. The van der Waals surface area contributed by atoms with Crippen LogP contribution in [0.25, 0.3) is 33.3 Å². The SMILES string of the molecule is [2H]c1c([2H])c(-c2ccccc2)c([2H])c(-c2nc(Cl)nc3ccccc23)c1[2H]. The molecular weight excluding hydrogens is 304 g/mol. The van der Waals surface area contributed by atoms with Crippen LogP contribution in [-0.4, -0.2) is 9.97 Å². The summed E-state index contributed by atoms with van der Waals surface area (Å²) in [6, 6.07) is 15.6. The first-order valence-corrected chi connectivity index (χ1v) is 7.45. The van der Waals surface area contributed by atoms with E-state index in [9.17, 15) is 0 Å². The second kappa shape index (κ2) is 5.82. The Morgan fingerprint density at radius 2 is 1.52 bits per heavy atom. The summed E-state index contributed by atoms with van der Waals surface area (Å²) in [6.07, 6.45) is 0. The topological polar surface area (TPSA) is 25.8 Å². The van der Waals surface area contributed by atoms with E-state index in [1.54, 1.807) is 24.3 Å². The first-order valence-electron chi connectivity index (χ1n) is 9.07. The van der Waals surface area contributed by atoms with Crippen molar-refractivity contribution in [1.29, 1.82) is 0 Å². The van der Waals surface area contributed by atoms with Crippen molar-refractivity contribution in [2.24, 2.45) is 0 Å². The van der Waals surface area contributed by atoms with E-state index in [-0.39, 0.29) is 35.0 Å². The van der Waals surface area contributed by atoms with Gasteiger partial charge in [-0.25, -0.2) is 9.97 Å². The zero-order valence-corrected chi connectivity index (χ0v) is 12.7. The molecular formula is C20H13ClN2. The van der Waals surface area contributed by atoms with Crippen molar-refractivity contribution in [2.45, 2.75) is 0 Å². The van der Waals surface area contributed by atoms with Gasteiger partial charge in [0, 0.05) is 10.9 Å². The van der Waals surface area contributed by atoms with Crippen LogP contribution in [0.1, 0.15) is 5.48 Å². The summed E-state index contributed by atoms with van der Waals surface area (Å²) in [6.45, 7) is 0. The molecule has 0 unspecified atom stereocenters. The molecule has 0 amide bonds. The largest absolute Gasteiger partial charge is 0.223 e. The van der Waals surface area contributed by atoms with Gasteiger partial charge in [-0.05, 0) is 34.8 Å². The molecule has 0 saturated carbocycles. The molecule has 2 nitrogen and oxygen atoms in total. The van der Waals surface area contributed by atoms with E-state index in [1.807, 2.05) is 30.3 Å². The predicted molar refractivity (Wildman–Crippen MR) is 95.4 cm³/mol. The first-order chi connectivity index (χ1) is 13.0. The van der Waals surface area contributed by atoms with E-state index in [1.165, 1.54) is 0 Å². The van der Waals surface area contributed by atoms with Crippen molar-refractivity contribution in [3.63, 3.8) is 0 Å². The van der Waals surface area contributed by atoms with E-state index >= 15 is 0 Å². The van der Waals surface area contributed by atoms with Gasteiger partial charge >= 0.3 is 0 Å². The molecule has 1 heterocycles. The van der Waals surface area contributed by atoms with Crippen LogP contribution in [0.5, 0.6) is 0 Å². The van der Waals surface area contributed by atoms with Gasteiger partial charge in [0.25, 0.3) is 0 Å². The third-order valence-electron chi connectivity index (χ3n) is 3.50.